The fourth-order valence-corrected chi connectivity index (χ4v) is 3.10. The average molecular weight is 329 g/mol. The maximum absolute atomic E-state index is 12.2. The van der Waals surface area contributed by atoms with Gasteiger partial charge in [0.1, 0.15) is 5.75 Å². The van der Waals surface area contributed by atoms with Gasteiger partial charge in [-0.15, -0.1) is 11.8 Å². The van der Waals surface area contributed by atoms with Gasteiger partial charge in [-0.1, -0.05) is 37.3 Å². The van der Waals surface area contributed by atoms with Gasteiger partial charge < -0.3 is 10.1 Å². The highest BCUT2D eigenvalue weighted by Gasteiger charge is 2.15. The number of hydrogen-bond donors (Lipinski definition) is 1. The number of thioether (sulfide) groups is 1. The highest BCUT2D eigenvalue weighted by atomic mass is 32.2. The molecule has 23 heavy (non-hydrogen) atoms. The molecule has 2 aromatic carbocycles. The lowest BCUT2D eigenvalue weighted by atomic mass is 10.0. The van der Waals surface area contributed by atoms with Crippen LogP contribution in [0.25, 0.3) is 0 Å². The van der Waals surface area contributed by atoms with Crippen molar-refractivity contribution in [2.24, 2.45) is 0 Å². The first-order valence-corrected chi connectivity index (χ1v) is 8.61. The van der Waals surface area contributed by atoms with Crippen molar-refractivity contribution in [2.75, 3.05) is 13.7 Å². The monoisotopic (exact) mass is 329 g/mol. The van der Waals surface area contributed by atoms with Gasteiger partial charge in [0.05, 0.1) is 12.4 Å². The molecule has 0 spiro atoms. The largest absolute Gasteiger partial charge is 0.497 e. The van der Waals surface area contributed by atoms with Crippen LogP contribution in [0.3, 0.4) is 0 Å². The van der Waals surface area contributed by atoms with Crippen LogP contribution >= 0.6 is 11.8 Å². The first kappa shape index (κ1) is 17.4. The van der Waals surface area contributed by atoms with Crippen LogP contribution in [-0.4, -0.2) is 24.8 Å². The van der Waals surface area contributed by atoms with Gasteiger partial charge >= 0.3 is 0 Å². The van der Waals surface area contributed by atoms with Crippen LogP contribution in [0, 0.1) is 0 Å². The smallest absolute Gasteiger partial charge is 0.233 e. The third kappa shape index (κ3) is 5.32. The Morgan fingerprint density at radius 1 is 1.09 bits per heavy atom. The van der Waals surface area contributed by atoms with E-state index in [1.807, 2.05) is 49.4 Å². The Kier molecular flexibility index (Phi) is 6.53. The highest BCUT2D eigenvalue weighted by molar-refractivity contribution is 8.00. The van der Waals surface area contributed by atoms with E-state index in [4.69, 9.17) is 4.74 Å². The molecule has 2 rings (SSSR count). The van der Waals surface area contributed by atoms with E-state index < -0.39 is 0 Å². The number of methoxy groups -OCH3 is 1. The van der Waals surface area contributed by atoms with Crippen LogP contribution < -0.4 is 10.1 Å². The zero-order valence-corrected chi connectivity index (χ0v) is 14.6. The molecule has 0 fully saturated rings. The molecule has 0 aliphatic heterocycles. The second-order valence-electron chi connectivity index (χ2n) is 5.49. The molecule has 0 saturated carbocycles. The number of nitrogens with one attached hydrogen (secondary N) is 1. The molecular formula is C19H23NO2S. The Morgan fingerprint density at radius 2 is 1.74 bits per heavy atom. The van der Waals surface area contributed by atoms with Gasteiger partial charge in [-0.25, -0.2) is 0 Å². The SMILES string of the molecule is COc1ccc(SC(C)C(=O)NCC(C)c2ccccc2)cc1. The lowest BCUT2D eigenvalue weighted by molar-refractivity contribution is -0.120. The standard InChI is InChI=1S/C19H23NO2S/c1-14(16-7-5-4-6-8-16)13-20-19(21)15(2)23-18-11-9-17(22-3)10-12-18/h4-12,14-15H,13H2,1-3H3,(H,20,21). The van der Waals surface area contributed by atoms with Gasteiger partial charge in [0.25, 0.3) is 0 Å². The zero-order valence-electron chi connectivity index (χ0n) is 13.8. The van der Waals surface area contributed by atoms with Crippen molar-refractivity contribution < 1.29 is 9.53 Å². The molecular weight excluding hydrogens is 306 g/mol. The molecule has 4 heteroatoms. The molecule has 3 nitrogen and oxygen atoms in total. The number of rotatable bonds is 7. The molecule has 122 valence electrons. The minimum Gasteiger partial charge on any atom is -0.497 e. The predicted octanol–water partition coefficient (Wildman–Crippen LogP) is 4.10. The van der Waals surface area contributed by atoms with Crippen molar-refractivity contribution in [3.8, 4) is 5.75 Å². The van der Waals surface area contributed by atoms with E-state index in [1.54, 1.807) is 18.9 Å². The van der Waals surface area contributed by atoms with Crippen LogP contribution in [0.2, 0.25) is 0 Å². The summed E-state index contributed by atoms with van der Waals surface area (Å²) in [6, 6.07) is 18.0. The van der Waals surface area contributed by atoms with E-state index in [1.165, 1.54) is 5.56 Å². The zero-order chi connectivity index (χ0) is 16.7. The minimum absolute atomic E-state index is 0.0635. The maximum atomic E-state index is 12.2. The lowest BCUT2D eigenvalue weighted by Crippen LogP contribution is -2.33. The first-order chi connectivity index (χ1) is 11.1. The Balaban J connectivity index is 1.82. The van der Waals surface area contributed by atoms with Gasteiger partial charge in [-0.2, -0.15) is 0 Å². The first-order valence-electron chi connectivity index (χ1n) is 7.73. The summed E-state index contributed by atoms with van der Waals surface area (Å²) in [5.41, 5.74) is 1.24. The topological polar surface area (TPSA) is 38.3 Å². The summed E-state index contributed by atoms with van der Waals surface area (Å²) >= 11 is 1.55. The molecule has 0 heterocycles. The molecule has 0 aliphatic carbocycles. The molecule has 0 bridgehead atoms. The minimum atomic E-state index is -0.133. The second-order valence-corrected chi connectivity index (χ2v) is 6.91. The highest BCUT2D eigenvalue weighted by Crippen LogP contribution is 2.25. The third-order valence-corrected chi connectivity index (χ3v) is 4.80. The molecule has 0 radical (unpaired) electrons. The normalized spacial score (nSPS) is 13.2. The van der Waals surface area contributed by atoms with E-state index in [0.717, 1.165) is 10.6 Å². The number of amides is 1. The van der Waals surface area contributed by atoms with E-state index in [0.29, 0.717) is 12.5 Å². The van der Waals surface area contributed by atoms with Gasteiger partial charge in [0.15, 0.2) is 0 Å². The van der Waals surface area contributed by atoms with Crippen molar-refractivity contribution in [2.45, 2.75) is 29.9 Å². The Hall–Kier alpha value is -1.94. The molecule has 1 N–H and O–H groups in total. The van der Waals surface area contributed by atoms with Crippen LogP contribution in [0.1, 0.15) is 25.3 Å². The van der Waals surface area contributed by atoms with Crippen LogP contribution in [0.5, 0.6) is 5.75 Å². The number of benzene rings is 2. The summed E-state index contributed by atoms with van der Waals surface area (Å²) in [7, 11) is 1.64. The van der Waals surface area contributed by atoms with Crippen molar-refractivity contribution in [3.63, 3.8) is 0 Å². The Morgan fingerprint density at radius 3 is 2.35 bits per heavy atom. The van der Waals surface area contributed by atoms with Gasteiger partial charge in [0.2, 0.25) is 5.91 Å². The molecule has 2 unspecified atom stereocenters. The molecule has 1 amide bonds. The number of hydrogen-bond acceptors (Lipinski definition) is 3. The van der Waals surface area contributed by atoms with Crippen LogP contribution in [0.4, 0.5) is 0 Å². The lowest BCUT2D eigenvalue weighted by Gasteiger charge is -2.16. The Bertz CT molecular complexity index is 613. The summed E-state index contributed by atoms with van der Waals surface area (Å²) in [5, 5.41) is 2.91. The molecule has 2 atom stereocenters. The number of carbonyl (C=O) groups is 1. The van der Waals surface area contributed by atoms with Gasteiger partial charge in [-0.3, -0.25) is 4.79 Å². The summed E-state index contributed by atoms with van der Waals surface area (Å²) in [4.78, 5) is 13.3. The molecule has 0 aromatic heterocycles. The van der Waals surface area contributed by atoms with Gasteiger partial charge in [-0.05, 0) is 42.7 Å². The quantitative estimate of drug-likeness (QED) is 0.777. The predicted molar refractivity (Wildman–Crippen MR) is 96.2 cm³/mol. The van der Waals surface area contributed by atoms with Crippen LogP contribution in [0.15, 0.2) is 59.5 Å². The summed E-state index contributed by atoms with van der Waals surface area (Å²) in [6.07, 6.45) is 0. The third-order valence-electron chi connectivity index (χ3n) is 3.69. The van der Waals surface area contributed by atoms with E-state index >= 15 is 0 Å². The molecule has 0 aliphatic rings. The summed E-state index contributed by atoms with van der Waals surface area (Å²) < 4.78 is 5.14. The van der Waals surface area contributed by atoms with Crippen molar-refractivity contribution >= 4 is 17.7 Å². The van der Waals surface area contributed by atoms with E-state index in [9.17, 15) is 4.79 Å². The fraction of sp³-hybridized carbons (Fsp3) is 0.316. The average Bonchev–Trinajstić information content (AvgIpc) is 2.60. The van der Waals surface area contributed by atoms with E-state index in [2.05, 4.69) is 24.4 Å². The fourth-order valence-electron chi connectivity index (χ4n) is 2.21. The summed E-state index contributed by atoms with van der Waals surface area (Å²) in [5.74, 6) is 1.19. The number of ether oxygens (including phenoxy) is 1. The van der Waals surface area contributed by atoms with Crippen LogP contribution in [-0.2, 0) is 4.79 Å². The molecule has 2 aromatic rings. The number of carbonyl (C=O) groups excluding carboxylic acids is 1. The Labute approximate surface area is 142 Å². The van der Waals surface area contributed by atoms with Crippen molar-refractivity contribution in [1.29, 1.82) is 0 Å². The van der Waals surface area contributed by atoms with Crippen molar-refractivity contribution in [3.05, 3.63) is 60.2 Å². The summed E-state index contributed by atoms with van der Waals surface area (Å²) in [6.45, 7) is 4.70. The maximum Gasteiger partial charge on any atom is 0.233 e. The molecule has 0 saturated heterocycles. The van der Waals surface area contributed by atoms with E-state index in [-0.39, 0.29) is 11.2 Å². The van der Waals surface area contributed by atoms with Gasteiger partial charge in [0, 0.05) is 11.4 Å². The van der Waals surface area contributed by atoms with Crippen molar-refractivity contribution in [1.82, 2.24) is 5.32 Å². The second kappa shape index (κ2) is 8.63.